The van der Waals surface area contributed by atoms with Crippen LogP contribution in [0, 0.1) is 0 Å². The molecule has 0 aromatic rings. The molecule has 0 bridgehead atoms. The molecule has 0 aliphatic carbocycles. The smallest absolute Gasteiger partial charge is 0.374 e. The summed E-state index contributed by atoms with van der Waals surface area (Å²) in [5.41, 5.74) is 0.880. The minimum atomic E-state index is -2.60. The molecule has 0 aromatic carbocycles. The first-order valence-corrected chi connectivity index (χ1v) is 13.6. The molecular formula is C17H40O5Si2. The predicted molar refractivity (Wildman–Crippen MR) is 104 cm³/mol. The minimum absolute atomic E-state index is 0.0579. The van der Waals surface area contributed by atoms with Crippen LogP contribution in [-0.2, 0) is 22.8 Å². The van der Waals surface area contributed by atoms with Gasteiger partial charge in [-0.25, -0.2) is 0 Å². The monoisotopic (exact) mass is 380 g/mol. The lowest BCUT2D eigenvalue weighted by Crippen LogP contribution is -2.49. The van der Waals surface area contributed by atoms with Crippen molar-refractivity contribution in [1.82, 2.24) is 0 Å². The normalized spacial score (nSPS) is 12.8. The molecule has 0 radical (unpaired) electrons. The van der Waals surface area contributed by atoms with Gasteiger partial charge in [0.05, 0.1) is 9.52 Å². The summed E-state index contributed by atoms with van der Waals surface area (Å²) in [6.07, 6.45) is 4.94. The van der Waals surface area contributed by atoms with Crippen molar-refractivity contribution in [3.63, 3.8) is 0 Å². The zero-order valence-electron chi connectivity index (χ0n) is 16.6. The largest absolute Gasteiger partial charge is 0.497 e. The molecule has 0 aromatic heterocycles. The fourth-order valence-electron chi connectivity index (χ4n) is 2.12. The molecule has 0 atom stereocenters. The lowest BCUT2D eigenvalue weighted by molar-refractivity contribution is -0.0906. The topological polar surface area (TPSA) is 46.2 Å². The first-order valence-electron chi connectivity index (χ1n) is 9.82. The molecule has 0 heterocycles. The molecule has 0 N–H and O–H groups in total. The van der Waals surface area contributed by atoms with Crippen molar-refractivity contribution in [3.05, 3.63) is 0 Å². The summed E-state index contributed by atoms with van der Waals surface area (Å²) in [4.78, 5) is 0. The summed E-state index contributed by atoms with van der Waals surface area (Å²) < 4.78 is 30.3. The first-order chi connectivity index (χ1) is 11.7. The highest BCUT2D eigenvalue weighted by Gasteiger charge is 2.41. The average Bonchev–Trinajstić information content (AvgIpc) is 2.61. The van der Waals surface area contributed by atoms with Gasteiger partial charge in [0, 0.05) is 38.7 Å². The number of hydrogen-bond acceptors (Lipinski definition) is 5. The molecule has 0 saturated heterocycles. The van der Waals surface area contributed by atoms with Gasteiger partial charge in [-0.15, -0.1) is 0 Å². The summed E-state index contributed by atoms with van der Waals surface area (Å²) in [5.74, 6) is -0.0579. The van der Waals surface area contributed by atoms with Crippen molar-refractivity contribution in [2.75, 3.05) is 33.0 Å². The molecule has 146 valence electrons. The maximum absolute atomic E-state index is 6.16. The average molecular weight is 381 g/mol. The molecule has 0 unspecified atom stereocenters. The molecule has 0 saturated carbocycles. The number of rotatable bonds is 18. The molecule has 0 spiro atoms. The number of ether oxygens (including phenoxy) is 2. The highest BCUT2D eigenvalue weighted by molar-refractivity contribution is 6.71. The van der Waals surface area contributed by atoms with Crippen LogP contribution >= 0.6 is 0 Å². The van der Waals surface area contributed by atoms with Gasteiger partial charge in [0.2, 0.25) is 0 Å². The number of hydrogen-bond donors (Lipinski definition) is 0. The van der Waals surface area contributed by atoms with Crippen LogP contribution in [0.1, 0.15) is 66.7 Å². The van der Waals surface area contributed by atoms with E-state index in [1.807, 2.05) is 0 Å². The van der Waals surface area contributed by atoms with Gasteiger partial charge in [0.1, 0.15) is 5.91 Å². The highest BCUT2D eigenvalue weighted by atomic mass is 28.4. The van der Waals surface area contributed by atoms with Crippen molar-refractivity contribution in [2.45, 2.75) is 78.3 Å². The van der Waals surface area contributed by atoms with Crippen molar-refractivity contribution in [3.8, 4) is 0 Å². The summed E-state index contributed by atoms with van der Waals surface area (Å²) in [5, 5.41) is 0. The van der Waals surface area contributed by atoms with E-state index < -0.39 is 18.3 Å². The third kappa shape index (κ3) is 11.7. The fraction of sp³-hybridized carbons (Fsp3) is 1.00. The second kappa shape index (κ2) is 16.7. The molecule has 24 heavy (non-hydrogen) atoms. The molecule has 0 fully saturated rings. The Hall–Kier alpha value is 0.234. The van der Waals surface area contributed by atoms with Gasteiger partial charge < -0.3 is 22.8 Å². The van der Waals surface area contributed by atoms with Crippen molar-refractivity contribution in [2.24, 2.45) is 0 Å². The van der Waals surface area contributed by atoms with E-state index in [4.69, 9.17) is 22.8 Å². The van der Waals surface area contributed by atoms with E-state index in [0.717, 1.165) is 51.0 Å². The Morgan fingerprint density at radius 3 is 1.33 bits per heavy atom. The van der Waals surface area contributed by atoms with Crippen LogP contribution < -0.4 is 0 Å². The Labute approximate surface area is 152 Å². The quantitative estimate of drug-likeness (QED) is 0.269. The Kier molecular flexibility index (Phi) is 16.9. The van der Waals surface area contributed by atoms with Gasteiger partial charge in [-0.05, 0) is 32.1 Å². The zero-order chi connectivity index (χ0) is 18.1. The van der Waals surface area contributed by atoms with Crippen LogP contribution in [-0.4, -0.2) is 57.3 Å². The van der Waals surface area contributed by atoms with Gasteiger partial charge in [-0.1, -0.05) is 34.6 Å². The van der Waals surface area contributed by atoms with Gasteiger partial charge in [-0.2, -0.15) is 0 Å². The van der Waals surface area contributed by atoms with Crippen molar-refractivity contribution in [1.29, 1.82) is 0 Å². The molecule has 5 nitrogen and oxygen atoms in total. The van der Waals surface area contributed by atoms with Crippen LogP contribution in [0.25, 0.3) is 0 Å². The van der Waals surface area contributed by atoms with Crippen molar-refractivity contribution < 1.29 is 22.8 Å². The molecule has 0 amide bonds. The molecule has 0 aliphatic rings. The van der Waals surface area contributed by atoms with Crippen LogP contribution in [0.2, 0.25) is 5.67 Å². The second-order valence-electron chi connectivity index (χ2n) is 5.94. The second-order valence-corrected chi connectivity index (χ2v) is 11.4. The fourth-order valence-corrected chi connectivity index (χ4v) is 8.67. The van der Waals surface area contributed by atoms with Gasteiger partial charge in [0.15, 0.2) is 0 Å². The van der Waals surface area contributed by atoms with Crippen LogP contribution in [0.15, 0.2) is 0 Å². The van der Waals surface area contributed by atoms with E-state index in [2.05, 4.69) is 34.6 Å². The molecule has 7 heteroatoms. The summed E-state index contributed by atoms with van der Waals surface area (Å²) in [7, 11) is -3.26. The summed E-state index contributed by atoms with van der Waals surface area (Å²) in [6.45, 7) is 14.2. The third-order valence-corrected chi connectivity index (χ3v) is 9.76. The molecule has 0 rings (SSSR count). The summed E-state index contributed by atoms with van der Waals surface area (Å²) >= 11 is 0. The van der Waals surface area contributed by atoms with Crippen molar-refractivity contribution >= 4 is 18.3 Å². The van der Waals surface area contributed by atoms with Gasteiger partial charge in [-0.3, -0.25) is 0 Å². The van der Waals surface area contributed by atoms with E-state index >= 15 is 0 Å². The summed E-state index contributed by atoms with van der Waals surface area (Å²) in [6, 6.07) is 0. The van der Waals surface area contributed by atoms with Crippen LogP contribution in [0.3, 0.4) is 0 Å². The minimum Gasteiger partial charge on any atom is -0.374 e. The molecule has 0 aliphatic heterocycles. The Bertz CT molecular complexity index is 240. The SMILES string of the molecule is CCCOC(OCCC)[SiH2]C[Si](OCCC)(OCCC)OCCC. The van der Waals surface area contributed by atoms with E-state index in [9.17, 15) is 0 Å². The third-order valence-electron chi connectivity index (χ3n) is 3.28. The van der Waals surface area contributed by atoms with E-state index in [-0.39, 0.29) is 5.91 Å². The lowest BCUT2D eigenvalue weighted by Gasteiger charge is -2.30. The lowest BCUT2D eigenvalue weighted by atomic mass is 10.5. The standard InChI is InChI=1S/C17H40O5Si2/c1-6-11-18-17(19-12-7-2)23-16-24(20-13-8-3,21-14-9-4)22-15-10-5/h17H,6-16,23H2,1-5H3. The van der Waals surface area contributed by atoms with E-state index in [0.29, 0.717) is 19.8 Å². The van der Waals surface area contributed by atoms with E-state index in [1.54, 1.807) is 0 Å². The maximum Gasteiger partial charge on any atom is 0.497 e. The predicted octanol–water partition coefficient (Wildman–Crippen LogP) is 3.47. The zero-order valence-corrected chi connectivity index (χ0v) is 19.0. The van der Waals surface area contributed by atoms with Gasteiger partial charge in [0.25, 0.3) is 0 Å². The Morgan fingerprint density at radius 2 is 1.00 bits per heavy atom. The Balaban J connectivity index is 4.79. The molecular weight excluding hydrogens is 340 g/mol. The highest BCUT2D eigenvalue weighted by Crippen LogP contribution is 2.18. The maximum atomic E-state index is 6.16. The van der Waals surface area contributed by atoms with E-state index in [1.165, 1.54) is 0 Å². The van der Waals surface area contributed by atoms with Crippen LogP contribution in [0.5, 0.6) is 0 Å². The van der Waals surface area contributed by atoms with Crippen LogP contribution in [0.4, 0.5) is 0 Å². The van der Waals surface area contributed by atoms with Gasteiger partial charge >= 0.3 is 8.80 Å². The first kappa shape index (κ1) is 24.2. The Morgan fingerprint density at radius 1 is 0.625 bits per heavy atom.